The lowest BCUT2D eigenvalue weighted by atomic mass is 9.78. The maximum absolute atomic E-state index is 13.9. The van der Waals surface area contributed by atoms with Gasteiger partial charge in [0.15, 0.2) is 0 Å². The summed E-state index contributed by atoms with van der Waals surface area (Å²) in [5.41, 5.74) is 0.988. The van der Waals surface area contributed by atoms with Crippen LogP contribution in [0.2, 0.25) is 0 Å². The van der Waals surface area contributed by atoms with Crippen molar-refractivity contribution in [1.82, 2.24) is 9.80 Å². The Morgan fingerprint density at radius 1 is 1.03 bits per heavy atom. The first-order valence-corrected chi connectivity index (χ1v) is 11.1. The molecule has 1 aromatic rings. The molecule has 158 valence electrons. The number of carbonyl (C=O) groups excluding carboxylic acids is 1. The molecule has 2 heterocycles. The fraction of sp³-hybridized carbons (Fsp3) is 0.652. The van der Waals surface area contributed by atoms with Crippen molar-refractivity contribution in [3.05, 3.63) is 35.4 Å². The molecule has 0 bridgehead atoms. The molecular formula is C23H32N2O4. The summed E-state index contributed by atoms with van der Waals surface area (Å²) in [6.07, 6.45) is 7.29. The highest BCUT2D eigenvalue weighted by atomic mass is 16.5. The second-order valence-electron chi connectivity index (χ2n) is 8.71. The van der Waals surface area contributed by atoms with Crippen LogP contribution in [0.15, 0.2) is 24.3 Å². The number of piperidine rings is 1. The lowest BCUT2D eigenvalue weighted by Gasteiger charge is -2.49. The number of benzene rings is 1. The molecule has 0 spiro atoms. The van der Waals surface area contributed by atoms with Gasteiger partial charge in [-0.25, -0.2) is 4.79 Å². The van der Waals surface area contributed by atoms with Crippen LogP contribution in [0.3, 0.4) is 0 Å². The van der Waals surface area contributed by atoms with Crippen molar-refractivity contribution in [2.24, 2.45) is 0 Å². The van der Waals surface area contributed by atoms with Crippen molar-refractivity contribution in [1.29, 1.82) is 0 Å². The van der Waals surface area contributed by atoms with Gasteiger partial charge in [-0.3, -0.25) is 9.69 Å². The van der Waals surface area contributed by atoms with E-state index in [1.165, 1.54) is 6.42 Å². The van der Waals surface area contributed by atoms with E-state index in [1.807, 2.05) is 12.1 Å². The largest absolute Gasteiger partial charge is 0.478 e. The van der Waals surface area contributed by atoms with Crippen LogP contribution in [0.25, 0.3) is 0 Å². The number of likely N-dealkylation sites (tertiary alicyclic amines) is 1. The number of morpholine rings is 1. The Bertz CT molecular complexity index is 738. The Balaban J connectivity index is 1.53. The van der Waals surface area contributed by atoms with Crippen LogP contribution < -0.4 is 0 Å². The first kappa shape index (κ1) is 20.4. The van der Waals surface area contributed by atoms with E-state index in [0.29, 0.717) is 25.3 Å². The predicted molar refractivity (Wildman–Crippen MR) is 110 cm³/mol. The van der Waals surface area contributed by atoms with Crippen molar-refractivity contribution in [3.8, 4) is 0 Å². The summed E-state index contributed by atoms with van der Waals surface area (Å²) in [6, 6.07) is 7.23. The van der Waals surface area contributed by atoms with Crippen LogP contribution in [0.4, 0.5) is 0 Å². The minimum Gasteiger partial charge on any atom is -0.478 e. The van der Waals surface area contributed by atoms with E-state index in [4.69, 9.17) is 4.74 Å². The zero-order valence-corrected chi connectivity index (χ0v) is 17.1. The molecule has 2 aliphatic heterocycles. The van der Waals surface area contributed by atoms with Crippen LogP contribution in [0, 0.1) is 0 Å². The number of ether oxygens (including phenoxy) is 1. The fourth-order valence-corrected chi connectivity index (χ4v) is 5.45. The molecule has 0 aromatic heterocycles. The summed E-state index contributed by atoms with van der Waals surface area (Å²) >= 11 is 0. The fourth-order valence-electron chi connectivity index (χ4n) is 5.45. The number of nitrogens with zero attached hydrogens (tertiary/aromatic N) is 2. The molecule has 3 fully saturated rings. The Kier molecular flexibility index (Phi) is 6.20. The van der Waals surface area contributed by atoms with Crippen molar-refractivity contribution in [2.45, 2.75) is 56.4 Å². The highest BCUT2D eigenvalue weighted by Crippen LogP contribution is 2.38. The van der Waals surface area contributed by atoms with Gasteiger partial charge in [0.2, 0.25) is 5.91 Å². The number of carbonyl (C=O) groups is 2. The molecule has 6 nitrogen and oxygen atoms in total. The molecule has 1 amide bonds. The number of hydrogen-bond acceptors (Lipinski definition) is 4. The molecule has 6 heteroatoms. The van der Waals surface area contributed by atoms with Crippen LogP contribution >= 0.6 is 0 Å². The molecule has 1 aromatic carbocycles. The van der Waals surface area contributed by atoms with E-state index in [-0.39, 0.29) is 17.4 Å². The maximum Gasteiger partial charge on any atom is 0.335 e. The van der Waals surface area contributed by atoms with E-state index in [9.17, 15) is 14.7 Å². The normalized spacial score (nSPS) is 25.5. The zero-order chi connectivity index (χ0) is 20.3. The molecule has 1 saturated carbocycles. The van der Waals surface area contributed by atoms with Crippen molar-refractivity contribution in [2.75, 3.05) is 39.4 Å². The summed E-state index contributed by atoms with van der Waals surface area (Å²) in [7, 11) is 0. The molecule has 1 unspecified atom stereocenters. The second-order valence-corrected chi connectivity index (χ2v) is 8.71. The third-order valence-electron chi connectivity index (χ3n) is 7.01. The SMILES string of the molecule is O=C(O)c1cccc(C2CCCN(C(=O)C3(N4CCOCC4)CCCCC3)C2)c1. The third kappa shape index (κ3) is 4.19. The van der Waals surface area contributed by atoms with Crippen molar-refractivity contribution < 1.29 is 19.4 Å². The Labute approximate surface area is 172 Å². The number of carboxylic acids is 1. The second kappa shape index (κ2) is 8.84. The molecule has 1 N–H and O–H groups in total. The minimum atomic E-state index is -0.899. The van der Waals surface area contributed by atoms with Crippen molar-refractivity contribution >= 4 is 11.9 Å². The molecule has 2 saturated heterocycles. The standard InChI is InChI=1S/C23H32N2O4/c26-21(27)19-7-4-6-18(16-19)20-8-5-11-24(17-20)22(28)23(9-2-1-3-10-23)25-12-14-29-15-13-25/h4,6-7,16,20H,1-3,5,8-15,17H2,(H,26,27). The molecule has 29 heavy (non-hydrogen) atoms. The monoisotopic (exact) mass is 400 g/mol. The molecule has 1 atom stereocenters. The van der Waals surface area contributed by atoms with Crippen LogP contribution in [0.5, 0.6) is 0 Å². The first-order valence-electron chi connectivity index (χ1n) is 11.1. The Morgan fingerprint density at radius 3 is 2.52 bits per heavy atom. The van der Waals surface area contributed by atoms with Gasteiger partial charge in [0.25, 0.3) is 0 Å². The van der Waals surface area contributed by atoms with E-state index in [2.05, 4.69) is 9.80 Å². The molecular weight excluding hydrogens is 368 g/mol. The molecule has 0 radical (unpaired) electrons. The van der Waals surface area contributed by atoms with Gasteiger partial charge < -0.3 is 14.7 Å². The quantitative estimate of drug-likeness (QED) is 0.841. The first-order chi connectivity index (χ1) is 14.1. The average Bonchev–Trinajstić information content (AvgIpc) is 2.80. The number of amides is 1. The Hall–Kier alpha value is -1.92. The zero-order valence-electron chi connectivity index (χ0n) is 17.1. The van der Waals surface area contributed by atoms with Gasteiger partial charge in [0.05, 0.1) is 18.8 Å². The van der Waals surface area contributed by atoms with Gasteiger partial charge in [-0.05, 0) is 43.4 Å². The van der Waals surface area contributed by atoms with Gasteiger partial charge in [-0.2, -0.15) is 0 Å². The van der Waals surface area contributed by atoms with Crippen LogP contribution in [-0.4, -0.2) is 71.7 Å². The molecule has 1 aliphatic carbocycles. The van der Waals surface area contributed by atoms with Gasteiger partial charge in [0, 0.05) is 32.1 Å². The topological polar surface area (TPSA) is 70.1 Å². The summed E-state index contributed by atoms with van der Waals surface area (Å²) in [5, 5.41) is 9.32. The molecule has 4 rings (SSSR count). The number of carboxylic acid groups (broad SMARTS) is 1. The smallest absolute Gasteiger partial charge is 0.335 e. The minimum absolute atomic E-state index is 0.206. The highest BCUT2D eigenvalue weighted by Gasteiger charge is 2.47. The van der Waals surface area contributed by atoms with Crippen LogP contribution in [0.1, 0.15) is 66.8 Å². The molecule has 3 aliphatic rings. The maximum atomic E-state index is 13.9. The van der Waals surface area contributed by atoms with Gasteiger partial charge >= 0.3 is 5.97 Å². The van der Waals surface area contributed by atoms with Gasteiger partial charge in [-0.15, -0.1) is 0 Å². The lowest BCUT2D eigenvalue weighted by Crippen LogP contribution is -2.63. The third-order valence-corrected chi connectivity index (χ3v) is 7.01. The summed E-state index contributed by atoms with van der Waals surface area (Å²) in [4.78, 5) is 29.7. The summed E-state index contributed by atoms with van der Waals surface area (Å²) in [5.74, 6) is -0.403. The van der Waals surface area contributed by atoms with Crippen LogP contribution in [-0.2, 0) is 9.53 Å². The van der Waals surface area contributed by atoms with Crippen molar-refractivity contribution in [3.63, 3.8) is 0 Å². The number of hydrogen-bond donors (Lipinski definition) is 1. The van der Waals surface area contributed by atoms with E-state index in [0.717, 1.165) is 63.7 Å². The number of rotatable bonds is 4. The predicted octanol–water partition coefficient (Wildman–Crippen LogP) is 3.13. The van der Waals surface area contributed by atoms with E-state index in [1.54, 1.807) is 12.1 Å². The lowest BCUT2D eigenvalue weighted by molar-refractivity contribution is -0.152. The van der Waals surface area contributed by atoms with E-state index < -0.39 is 5.97 Å². The van der Waals surface area contributed by atoms with E-state index >= 15 is 0 Å². The summed E-state index contributed by atoms with van der Waals surface area (Å²) in [6.45, 7) is 4.58. The number of aromatic carboxylic acids is 1. The van der Waals surface area contributed by atoms with Gasteiger partial charge in [-0.1, -0.05) is 31.4 Å². The van der Waals surface area contributed by atoms with Gasteiger partial charge in [0.1, 0.15) is 5.54 Å². The Morgan fingerprint density at radius 2 is 1.79 bits per heavy atom. The average molecular weight is 401 g/mol. The summed E-state index contributed by atoms with van der Waals surface area (Å²) < 4.78 is 5.55. The highest BCUT2D eigenvalue weighted by molar-refractivity contribution is 5.88.